The van der Waals surface area contributed by atoms with E-state index in [1.165, 1.54) is 24.8 Å². The Balaban J connectivity index is 2.25. The van der Waals surface area contributed by atoms with Gasteiger partial charge >= 0.3 is 0 Å². The first-order valence-corrected chi connectivity index (χ1v) is 4.82. The molecule has 1 saturated carbocycles. The average Bonchev–Trinajstić information content (AvgIpc) is 2.65. The fourth-order valence-electron chi connectivity index (χ4n) is 2.08. The molecule has 0 aromatic heterocycles. The lowest BCUT2D eigenvalue weighted by Crippen LogP contribution is -1.98. The van der Waals surface area contributed by atoms with E-state index in [1.54, 1.807) is 0 Å². The molecule has 0 heterocycles. The van der Waals surface area contributed by atoms with Crippen molar-refractivity contribution in [2.75, 3.05) is 0 Å². The van der Waals surface area contributed by atoms with E-state index < -0.39 is 0 Å². The largest absolute Gasteiger partial charge is 0.0999 e. The molecule has 0 amide bonds. The van der Waals surface area contributed by atoms with Crippen LogP contribution in [0.1, 0.15) is 40.0 Å². The second-order valence-corrected chi connectivity index (χ2v) is 4.12. The van der Waals surface area contributed by atoms with Crippen LogP contribution in [0.4, 0.5) is 0 Å². The number of rotatable bonds is 4. The highest BCUT2D eigenvalue weighted by molar-refractivity contribution is 5.09. The van der Waals surface area contributed by atoms with E-state index in [-0.39, 0.29) is 0 Å². The van der Waals surface area contributed by atoms with Crippen LogP contribution in [-0.4, -0.2) is 0 Å². The van der Waals surface area contributed by atoms with Gasteiger partial charge in [0.15, 0.2) is 0 Å². The van der Waals surface area contributed by atoms with Gasteiger partial charge in [-0.05, 0) is 31.1 Å². The van der Waals surface area contributed by atoms with E-state index >= 15 is 0 Å². The third-order valence-electron chi connectivity index (χ3n) is 2.95. The maximum absolute atomic E-state index is 4.01. The lowest BCUT2D eigenvalue weighted by molar-refractivity contribution is 0.448. The number of allylic oxidation sites excluding steroid dienone is 1. The molecule has 64 valence electrons. The van der Waals surface area contributed by atoms with Crippen LogP contribution in [0.5, 0.6) is 0 Å². The third-order valence-corrected chi connectivity index (χ3v) is 2.95. The quantitative estimate of drug-likeness (QED) is 0.539. The van der Waals surface area contributed by atoms with Crippen LogP contribution in [0.25, 0.3) is 0 Å². The maximum atomic E-state index is 4.01. The summed E-state index contributed by atoms with van der Waals surface area (Å²) in [6, 6.07) is 0. The van der Waals surface area contributed by atoms with Crippen LogP contribution in [0, 0.1) is 17.8 Å². The van der Waals surface area contributed by atoms with E-state index in [2.05, 4.69) is 27.4 Å². The van der Waals surface area contributed by atoms with E-state index in [0.717, 1.165) is 17.8 Å². The molecule has 0 aromatic carbocycles. The molecule has 1 aliphatic carbocycles. The topological polar surface area (TPSA) is 0 Å². The summed E-state index contributed by atoms with van der Waals surface area (Å²) in [4.78, 5) is 0. The summed E-state index contributed by atoms with van der Waals surface area (Å²) in [5, 5.41) is 0. The zero-order chi connectivity index (χ0) is 8.43. The highest BCUT2D eigenvalue weighted by Crippen LogP contribution is 2.49. The van der Waals surface area contributed by atoms with E-state index in [4.69, 9.17) is 0 Å². The Bertz CT molecular complexity index is 146. The Hall–Kier alpha value is -0.260. The molecule has 0 bridgehead atoms. The normalized spacial score (nSPS) is 31.5. The standard InChI is InChI=1S/C11H20/c1-5-6-9(4)11-7-10(11)8(2)3/h9-11H,2,5-7H2,1,3-4H3. The summed E-state index contributed by atoms with van der Waals surface area (Å²) in [5.41, 5.74) is 1.40. The van der Waals surface area contributed by atoms with Gasteiger partial charge in [0.2, 0.25) is 0 Å². The fraction of sp³-hybridized carbons (Fsp3) is 0.818. The first-order valence-electron chi connectivity index (χ1n) is 4.82. The first kappa shape index (κ1) is 8.83. The predicted octanol–water partition coefficient (Wildman–Crippen LogP) is 3.63. The van der Waals surface area contributed by atoms with Gasteiger partial charge in [0.05, 0.1) is 0 Å². The molecular weight excluding hydrogens is 132 g/mol. The van der Waals surface area contributed by atoms with Gasteiger partial charge in [-0.15, -0.1) is 0 Å². The minimum absolute atomic E-state index is 0.872. The summed E-state index contributed by atoms with van der Waals surface area (Å²) in [5.74, 6) is 2.78. The second kappa shape index (κ2) is 3.42. The summed E-state index contributed by atoms with van der Waals surface area (Å²) in [7, 11) is 0. The molecular formula is C11H20. The van der Waals surface area contributed by atoms with Gasteiger partial charge in [0.25, 0.3) is 0 Å². The Labute approximate surface area is 70.7 Å². The fourth-order valence-corrected chi connectivity index (χ4v) is 2.08. The third kappa shape index (κ3) is 2.08. The highest BCUT2D eigenvalue weighted by Gasteiger charge is 2.40. The summed E-state index contributed by atoms with van der Waals surface area (Å²) >= 11 is 0. The second-order valence-electron chi connectivity index (χ2n) is 4.12. The Morgan fingerprint density at radius 2 is 2.27 bits per heavy atom. The molecule has 0 aliphatic heterocycles. The van der Waals surface area contributed by atoms with Crippen LogP contribution in [0.3, 0.4) is 0 Å². The smallest absolute Gasteiger partial charge is 0.0175 e. The van der Waals surface area contributed by atoms with Crippen molar-refractivity contribution in [1.82, 2.24) is 0 Å². The minimum Gasteiger partial charge on any atom is -0.0999 e. The van der Waals surface area contributed by atoms with Crippen molar-refractivity contribution in [3.8, 4) is 0 Å². The SMILES string of the molecule is C=C(C)C1CC1C(C)CCC. The van der Waals surface area contributed by atoms with E-state index in [9.17, 15) is 0 Å². The van der Waals surface area contributed by atoms with E-state index in [0.29, 0.717) is 0 Å². The van der Waals surface area contributed by atoms with Crippen LogP contribution in [0.15, 0.2) is 12.2 Å². The number of hydrogen-bond acceptors (Lipinski definition) is 0. The average molecular weight is 152 g/mol. The molecule has 3 atom stereocenters. The molecule has 1 aliphatic rings. The van der Waals surface area contributed by atoms with Crippen LogP contribution in [-0.2, 0) is 0 Å². The van der Waals surface area contributed by atoms with E-state index in [1.807, 2.05) is 0 Å². The Morgan fingerprint density at radius 3 is 2.64 bits per heavy atom. The van der Waals surface area contributed by atoms with Gasteiger partial charge in [-0.1, -0.05) is 38.8 Å². The number of hydrogen-bond donors (Lipinski definition) is 0. The summed E-state index contributed by atoms with van der Waals surface area (Å²) < 4.78 is 0. The lowest BCUT2D eigenvalue weighted by Gasteiger charge is -2.08. The minimum atomic E-state index is 0.872. The highest BCUT2D eigenvalue weighted by atomic mass is 14.4. The molecule has 0 nitrogen and oxygen atoms in total. The monoisotopic (exact) mass is 152 g/mol. The molecule has 1 rings (SSSR count). The van der Waals surface area contributed by atoms with Crippen LogP contribution < -0.4 is 0 Å². The van der Waals surface area contributed by atoms with Gasteiger partial charge in [-0.2, -0.15) is 0 Å². The molecule has 3 unspecified atom stereocenters. The maximum Gasteiger partial charge on any atom is -0.0175 e. The molecule has 0 radical (unpaired) electrons. The van der Waals surface area contributed by atoms with Crippen molar-refractivity contribution < 1.29 is 0 Å². The van der Waals surface area contributed by atoms with Gasteiger partial charge in [0, 0.05) is 0 Å². The molecule has 0 N–H and O–H groups in total. The van der Waals surface area contributed by atoms with Crippen molar-refractivity contribution in [3.63, 3.8) is 0 Å². The van der Waals surface area contributed by atoms with Crippen molar-refractivity contribution in [2.45, 2.75) is 40.0 Å². The molecule has 11 heavy (non-hydrogen) atoms. The summed E-state index contributed by atoms with van der Waals surface area (Å²) in [6.07, 6.45) is 4.14. The predicted molar refractivity (Wildman–Crippen MR) is 50.5 cm³/mol. The van der Waals surface area contributed by atoms with Gasteiger partial charge in [0.1, 0.15) is 0 Å². The van der Waals surface area contributed by atoms with Crippen LogP contribution >= 0.6 is 0 Å². The molecule has 0 aromatic rings. The zero-order valence-electron chi connectivity index (χ0n) is 8.06. The van der Waals surface area contributed by atoms with Crippen LogP contribution in [0.2, 0.25) is 0 Å². The molecule has 1 fully saturated rings. The molecule has 0 heteroatoms. The lowest BCUT2D eigenvalue weighted by atomic mass is 9.98. The van der Waals surface area contributed by atoms with Crippen molar-refractivity contribution >= 4 is 0 Å². The molecule has 0 saturated heterocycles. The zero-order valence-corrected chi connectivity index (χ0v) is 8.06. The van der Waals surface area contributed by atoms with Crippen molar-refractivity contribution in [3.05, 3.63) is 12.2 Å². The Morgan fingerprint density at radius 1 is 1.64 bits per heavy atom. The molecule has 0 spiro atoms. The van der Waals surface area contributed by atoms with Gasteiger partial charge in [-0.25, -0.2) is 0 Å². The van der Waals surface area contributed by atoms with Crippen molar-refractivity contribution in [1.29, 1.82) is 0 Å². The van der Waals surface area contributed by atoms with Gasteiger partial charge in [-0.3, -0.25) is 0 Å². The first-order chi connectivity index (χ1) is 5.16. The van der Waals surface area contributed by atoms with Crippen molar-refractivity contribution in [2.24, 2.45) is 17.8 Å². The van der Waals surface area contributed by atoms with Gasteiger partial charge < -0.3 is 0 Å². The summed E-state index contributed by atoms with van der Waals surface area (Å²) in [6.45, 7) is 10.8. The Kier molecular flexibility index (Phi) is 2.75.